The number of aryl methyl sites for hydroxylation is 2. The molecule has 10 heteroatoms. The van der Waals surface area contributed by atoms with Gasteiger partial charge in [0, 0.05) is 11.1 Å². The van der Waals surface area contributed by atoms with Crippen molar-refractivity contribution in [1.82, 2.24) is 5.32 Å². The van der Waals surface area contributed by atoms with Crippen LogP contribution in [0.1, 0.15) is 63.0 Å². The molecule has 39 heavy (non-hydrogen) atoms. The predicted molar refractivity (Wildman–Crippen MR) is 148 cm³/mol. The second kappa shape index (κ2) is 13.3. The Labute approximate surface area is 228 Å². The van der Waals surface area contributed by atoms with Gasteiger partial charge in [0.25, 0.3) is 10.1 Å². The molecule has 0 heterocycles. The van der Waals surface area contributed by atoms with E-state index in [1.165, 1.54) is 12.1 Å². The molecule has 2 N–H and O–H groups in total. The van der Waals surface area contributed by atoms with E-state index in [1.807, 2.05) is 32.9 Å². The van der Waals surface area contributed by atoms with Crippen LogP contribution in [-0.2, 0) is 10.1 Å². The normalized spacial score (nSPS) is 11.2. The van der Waals surface area contributed by atoms with Crippen molar-refractivity contribution in [2.45, 2.75) is 40.2 Å². The Bertz CT molecular complexity index is 1450. The van der Waals surface area contributed by atoms with E-state index >= 15 is 0 Å². The number of ether oxygens (including phenoxy) is 2. The average Bonchev–Trinajstić information content (AvgIpc) is 2.82. The smallest absolute Gasteiger partial charge is 0.343 e. The first-order valence-corrected chi connectivity index (χ1v) is 13.8. The maximum absolute atomic E-state index is 12.9. The van der Waals surface area contributed by atoms with Gasteiger partial charge in [-0.15, -0.1) is 0 Å². The monoisotopic (exact) mass is 555 g/mol. The molecule has 0 saturated carbocycles. The third-order valence-corrected chi connectivity index (χ3v) is 5.18. The summed E-state index contributed by atoms with van der Waals surface area (Å²) in [5.74, 6) is -1.32. The molecule has 0 amide bonds. The topological polar surface area (TPSA) is 136 Å². The molecule has 0 aliphatic carbocycles. The van der Waals surface area contributed by atoms with Gasteiger partial charge in [-0.3, -0.25) is 9.35 Å². The van der Waals surface area contributed by atoms with Crippen LogP contribution in [-0.4, -0.2) is 49.0 Å². The van der Waals surface area contributed by atoms with Crippen LogP contribution in [0.4, 0.5) is 0 Å². The van der Waals surface area contributed by atoms with Crippen molar-refractivity contribution >= 4 is 27.8 Å². The van der Waals surface area contributed by atoms with Gasteiger partial charge in [0.1, 0.15) is 0 Å². The lowest BCUT2D eigenvalue weighted by Crippen LogP contribution is -2.39. The minimum atomic E-state index is -3.67. The molecule has 0 unspecified atom stereocenters. The molecule has 0 bridgehead atoms. The number of rotatable bonds is 7. The first kappa shape index (κ1) is 31.4. The first-order chi connectivity index (χ1) is 18.0. The van der Waals surface area contributed by atoms with Gasteiger partial charge >= 0.3 is 11.9 Å². The quantitative estimate of drug-likeness (QED) is 0.182. The molecule has 0 aliphatic rings. The molecule has 0 aromatic heterocycles. The lowest BCUT2D eigenvalue weighted by Gasteiger charge is -2.20. The van der Waals surface area contributed by atoms with Gasteiger partial charge in [-0.2, -0.15) is 8.42 Å². The van der Waals surface area contributed by atoms with Crippen LogP contribution >= 0.6 is 0 Å². The highest BCUT2D eigenvalue weighted by Crippen LogP contribution is 2.31. The lowest BCUT2D eigenvalue weighted by atomic mass is 10.1. The molecule has 0 atom stereocenters. The molecular weight excluding hydrogens is 522 g/mol. The van der Waals surface area contributed by atoms with Crippen molar-refractivity contribution in [3.05, 3.63) is 94.5 Å². The number of benzene rings is 3. The number of carbonyl (C=O) groups excluding carboxylic acids is 3. The van der Waals surface area contributed by atoms with Gasteiger partial charge in [-0.05, 0) is 76.1 Å². The van der Waals surface area contributed by atoms with Gasteiger partial charge in [0.2, 0.25) is 0 Å². The van der Waals surface area contributed by atoms with E-state index in [2.05, 4.69) is 5.32 Å². The lowest BCUT2D eigenvalue weighted by molar-refractivity contribution is 0.0681. The Morgan fingerprint density at radius 3 is 1.67 bits per heavy atom. The highest BCUT2D eigenvalue weighted by atomic mass is 32.2. The highest BCUT2D eigenvalue weighted by molar-refractivity contribution is 7.85. The number of hydrogen-bond donors (Lipinski definition) is 2. The summed E-state index contributed by atoms with van der Waals surface area (Å²) >= 11 is 0. The Kier molecular flexibility index (Phi) is 10.7. The van der Waals surface area contributed by atoms with Crippen LogP contribution in [0.25, 0.3) is 0 Å². The molecule has 208 valence electrons. The van der Waals surface area contributed by atoms with Crippen LogP contribution in [0, 0.1) is 13.8 Å². The summed E-state index contributed by atoms with van der Waals surface area (Å²) in [6.07, 6.45) is 0.715. The number of hydrogen-bond acceptors (Lipinski definition) is 8. The van der Waals surface area contributed by atoms with E-state index in [4.69, 9.17) is 14.0 Å². The van der Waals surface area contributed by atoms with Crippen LogP contribution in [0.2, 0.25) is 0 Å². The number of ketones is 1. The standard InChI is InChI=1S/C28H29NO5.CH4O3S/c1-18-10-6-8-12-21(18)26(31)33-24-15-14-20(23(30)17-29-28(3,4)5)16-25(24)34-27(32)22-13-9-7-11-19(22)2;1-5(2,3)4/h6-16,29H,17H2,1-5H3;1H3,(H,2,3,4). The summed E-state index contributed by atoms with van der Waals surface area (Å²) in [6, 6.07) is 18.5. The fourth-order valence-electron chi connectivity index (χ4n) is 3.21. The van der Waals surface area contributed by atoms with E-state index < -0.39 is 22.1 Å². The van der Waals surface area contributed by atoms with Crippen molar-refractivity contribution in [2.24, 2.45) is 0 Å². The largest absolute Gasteiger partial charge is 0.419 e. The minimum Gasteiger partial charge on any atom is -0.419 e. The van der Waals surface area contributed by atoms with Gasteiger partial charge in [0.05, 0.1) is 23.9 Å². The average molecular weight is 556 g/mol. The van der Waals surface area contributed by atoms with Crippen LogP contribution in [0.15, 0.2) is 66.7 Å². The summed E-state index contributed by atoms with van der Waals surface area (Å²) in [5, 5.41) is 3.15. The number of nitrogens with one attached hydrogen (secondary N) is 1. The molecule has 3 rings (SSSR count). The summed E-state index contributed by atoms with van der Waals surface area (Å²) < 4.78 is 37.1. The van der Waals surface area contributed by atoms with E-state index in [1.54, 1.807) is 56.3 Å². The zero-order valence-electron chi connectivity index (χ0n) is 22.8. The molecular formula is C29H33NO8S. The molecule has 3 aromatic rings. The third-order valence-electron chi connectivity index (χ3n) is 5.18. The fourth-order valence-corrected chi connectivity index (χ4v) is 3.21. The molecule has 0 fully saturated rings. The van der Waals surface area contributed by atoms with E-state index in [0.717, 1.165) is 11.1 Å². The van der Waals surface area contributed by atoms with Crippen molar-refractivity contribution in [3.63, 3.8) is 0 Å². The fraction of sp³-hybridized carbons (Fsp3) is 0.276. The van der Waals surface area contributed by atoms with Crippen LogP contribution in [0.5, 0.6) is 11.5 Å². The Balaban J connectivity index is 0.000000976. The molecule has 0 saturated heterocycles. The molecule has 3 aromatic carbocycles. The van der Waals surface area contributed by atoms with Gasteiger partial charge in [-0.25, -0.2) is 9.59 Å². The number of esters is 2. The van der Waals surface area contributed by atoms with E-state index in [-0.39, 0.29) is 29.4 Å². The van der Waals surface area contributed by atoms with Gasteiger partial charge in [0.15, 0.2) is 17.3 Å². The molecule has 0 aliphatic heterocycles. The SMILES string of the molecule is CS(=O)(=O)O.Cc1ccccc1C(=O)Oc1ccc(C(=O)CNC(C)(C)C)cc1OC(=O)c1ccccc1C. The second-order valence-corrected chi connectivity index (χ2v) is 11.3. The van der Waals surface area contributed by atoms with Gasteiger partial charge < -0.3 is 14.8 Å². The van der Waals surface area contributed by atoms with E-state index in [9.17, 15) is 22.8 Å². The Morgan fingerprint density at radius 2 is 1.23 bits per heavy atom. The third kappa shape index (κ3) is 10.8. The van der Waals surface area contributed by atoms with Crippen LogP contribution < -0.4 is 14.8 Å². The van der Waals surface area contributed by atoms with Crippen molar-refractivity contribution in [2.75, 3.05) is 12.8 Å². The van der Waals surface area contributed by atoms with Crippen molar-refractivity contribution in [3.8, 4) is 11.5 Å². The number of Topliss-reactive ketones (excluding diaryl/α,β-unsaturated/α-hetero) is 1. The molecule has 9 nitrogen and oxygen atoms in total. The summed E-state index contributed by atoms with van der Waals surface area (Å²) in [5.41, 5.74) is 2.37. The van der Waals surface area contributed by atoms with Crippen LogP contribution in [0.3, 0.4) is 0 Å². The van der Waals surface area contributed by atoms with Crippen molar-refractivity contribution in [1.29, 1.82) is 0 Å². The molecule has 0 radical (unpaired) electrons. The Morgan fingerprint density at radius 1 is 0.795 bits per heavy atom. The van der Waals surface area contributed by atoms with E-state index in [0.29, 0.717) is 22.9 Å². The second-order valence-electron chi connectivity index (χ2n) is 9.83. The predicted octanol–water partition coefficient (Wildman–Crippen LogP) is 4.82. The summed E-state index contributed by atoms with van der Waals surface area (Å²) in [7, 11) is -3.67. The first-order valence-electron chi connectivity index (χ1n) is 12.0. The van der Waals surface area contributed by atoms with Gasteiger partial charge in [-0.1, -0.05) is 36.4 Å². The minimum absolute atomic E-state index is 0.00297. The van der Waals surface area contributed by atoms with Crippen molar-refractivity contribution < 1.29 is 36.8 Å². The maximum atomic E-state index is 12.9. The zero-order chi connectivity index (χ0) is 29.4. The summed E-state index contributed by atoms with van der Waals surface area (Å²) in [4.78, 5) is 38.4. The number of carbonyl (C=O) groups is 3. The molecule has 0 spiro atoms. The summed E-state index contributed by atoms with van der Waals surface area (Å²) in [6.45, 7) is 9.60. The maximum Gasteiger partial charge on any atom is 0.343 e. The highest BCUT2D eigenvalue weighted by Gasteiger charge is 2.21. The zero-order valence-corrected chi connectivity index (χ0v) is 23.6. The Hall–Kier alpha value is -3.86.